The van der Waals surface area contributed by atoms with Gasteiger partial charge in [-0.2, -0.15) is 0 Å². The summed E-state index contributed by atoms with van der Waals surface area (Å²) in [5, 5.41) is 0. The lowest BCUT2D eigenvalue weighted by Crippen LogP contribution is -3.15. The van der Waals surface area contributed by atoms with Crippen molar-refractivity contribution < 1.29 is 26.3 Å². The molecule has 8 aliphatic carbocycles. The predicted octanol–water partition coefficient (Wildman–Crippen LogP) is 5.83. The van der Waals surface area contributed by atoms with E-state index in [9.17, 15) is 0 Å². The van der Waals surface area contributed by atoms with Gasteiger partial charge in [-0.05, 0) is 44.9 Å². The summed E-state index contributed by atoms with van der Waals surface area (Å²) in [5.41, 5.74) is -19.7. The number of alkyl halides is 4. The van der Waals surface area contributed by atoms with Crippen LogP contribution in [-0.2, 0) is 0 Å². The molecule has 8 rings (SSSR count). The summed E-state index contributed by atoms with van der Waals surface area (Å²) in [6.45, 7) is 0. The maximum Gasteiger partial charge on any atom is 0.182 e. The third kappa shape index (κ3) is 0.651. The van der Waals surface area contributed by atoms with Crippen molar-refractivity contribution in [2.45, 2.75) is 80.5 Å². The van der Waals surface area contributed by atoms with Crippen molar-refractivity contribution >= 4 is 0 Å². The lowest BCUT2D eigenvalue weighted by atomic mass is 9.02. The largest absolute Gasteiger partial charge is 0.238 e. The van der Waals surface area contributed by atoms with Crippen LogP contribution in [0.25, 0.3) is 0 Å². The molecule has 0 nitrogen and oxygen atoms in total. The Morgan fingerprint density at radius 2 is 0.963 bits per heavy atom. The highest BCUT2D eigenvalue weighted by Gasteiger charge is 3.24. The second-order valence-corrected chi connectivity index (χ2v) is 10.4. The Bertz CT molecular complexity index is 925. The first-order chi connectivity index (χ1) is 12.7. The van der Waals surface area contributed by atoms with E-state index in [1.165, 1.54) is 0 Å². The van der Waals surface area contributed by atoms with E-state index < -0.39 is 56.0 Å². The molecule has 0 aromatic carbocycles. The van der Waals surface area contributed by atoms with Crippen molar-refractivity contribution in [1.82, 2.24) is 0 Å². The molecule has 27 heavy (non-hydrogen) atoms. The molecule has 0 N–H and O–H groups in total. The van der Waals surface area contributed by atoms with Crippen molar-refractivity contribution in [1.29, 1.82) is 0 Å². The Kier molecular flexibility index (Phi) is 1.74. The molecule has 8 aliphatic rings. The average molecular weight is 384 g/mol. The predicted molar refractivity (Wildman–Crippen MR) is 82.9 cm³/mol. The lowest BCUT2D eigenvalue weighted by molar-refractivity contribution is -0.594. The van der Waals surface area contributed by atoms with E-state index in [-0.39, 0.29) is 62.5 Å². The van der Waals surface area contributed by atoms with Gasteiger partial charge in [0.05, 0.1) is 21.7 Å². The van der Waals surface area contributed by atoms with Crippen LogP contribution in [-0.4, -0.2) is 22.7 Å². The summed E-state index contributed by atoms with van der Waals surface area (Å²) in [5.74, 6) is -2.08. The molecule has 0 bridgehead atoms. The third-order valence-corrected chi connectivity index (χ3v) is 11.1. The average Bonchev–Trinajstić information content (AvgIpc) is 3.17. The van der Waals surface area contributed by atoms with Crippen LogP contribution in [0.4, 0.5) is 26.3 Å². The molecule has 8 unspecified atom stereocenters. The maximum atomic E-state index is 16.8. The van der Waals surface area contributed by atoms with E-state index in [1.807, 2.05) is 0 Å². The second-order valence-electron chi connectivity index (χ2n) is 10.4. The topological polar surface area (TPSA) is 0 Å². The zero-order valence-corrected chi connectivity index (χ0v) is 14.6. The van der Waals surface area contributed by atoms with Crippen molar-refractivity contribution in [3.05, 3.63) is 22.8 Å². The summed E-state index contributed by atoms with van der Waals surface area (Å²) < 4.78 is 99.2. The molecule has 0 amide bonds. The quantitative estimate of drug-likeness (QED) is 0.461. The summed E-state index contributed by atoms with van der Waals surface area (Å²) in [7, 11) is 0. The lowest BCUT2D eigenvalue weighted by Gasteiger charge is -3.01. The van der Waals surface area contributed by atoms with Gasteiger partial charge in [-0.15, -0.1) is 0 Å². The molecular weight excluding hydrogens is 366 g/mol. The monoisotopic (exact) mass is 384 g/mol. The van der Waals surface area contributed by atoms with E-state index in [0.29, 0.717) is 6.42 Å². The molecule has 6 saturated carbocycles. The van der Waals surface area contributed by atoms with Crippen LogP contribution in [0.5, 0.6) is 0 Å². The zero-order chi connectivity index (χ0) is 18.7. The molecule has 0 aromatic heterocycles. The molecule has 0 saturated heterocycles. The van der Waals surface area contributed by atoms with Gasteiger partial charge < -0.3 is 0 Å². The Hall–Kier alpha value is -0.940. The van der Waals surface area contributed by atoms with Crippen LogP contribution in [0, 0.1) is 21.7 Å². The SMILES string of the molecule is FC1=C2CCCC3=C(F)C45CCCC14C1(F)C5(F)C45CCCC14C2(F)C35F. The van der Waals surface area contributed by atoms with Gasteiger partial charge in [-0.1, -0.05) is 12.8 Å². The summed E-state index contributed by atoms with van der Waals surface area (Å²) >= 11 is 0. The molecule has 6 fully saturated rings. The number of halogens is 6. The minimum atomic E-state index is -2.94. The van der Waals surface area contributed by atoms with Crippen LogP contribution in [0.15, 0.2) is 22.8 Å². The fourth-order valence-electron chi connectivity index (χ4n) is 11.3. The highest BCUT2D eigenvalue weighted by atomic mass is 19.2. The van der Waals surface area contributed by atoms with Crippen LogP contribution in [0.1, 0.15) is 57.8 Å². The summed E-state index contributed by atoms with van der Waals surface area (Å²) in [4.78, 5) is 0. The molecule has 0 radical (unpaired) electrons. The van der Waals surface area contributed by atoms with Crippen molar-refractivity contribution in [2.24, 2.45) is 21.7 Å². The Labute approximate surface area is 152 Å². The summed E-state index contributed by atoms with van der Waals surface area (Å²) in [6.07, 6.45) is 0.776. The van der Waals surface area contributed by atoms with Crippen LogP contribution in [0.2, 0.25) is 0 Å². The molecule has 144 valence electrons. The molecular formula is C21H18F6. The smallest absolute Gasteiger partial charge is 0.182 e. The number of hydrogen-bond donors (Lipinski definition) is 0. The van der Waals surface area contributed by atoms with Crippen LogP contribution in [0.3, 0.4) is 0 Å². The molecule has 0 heterocycles. The molecule has 6 heteroatoms. The van der Waals surface area contributed by atoms with Gasteiger partial charge in [0, 0.05) is 11.1 Å². The standard InChI is InChI=1S/C21H18F6/c22-12-10-4-1-5-11-13(23)15-7-2-6-14(12,15)20(26)16-8-3-9-17(16,21(15,20)27)19(11,25)18(10,16)24/h1-9H2. The van der Waals surface area contributed by atoms with Gasteiger partial charge >= 0.3 is 0 Å². The van der Waals surface area contributed by atoms with E-state index in [4.69, 9.17) is 0 Å². The Balaban J connectivity index is 1.70. The maximum absolute atomic E-state index is 16.8. The fraction of sp³-hybridized carbons (Fsp3) is 0.810. The van der Waals surface area contributed by atoms with Crippen molar-refractivity contribution in [3.8, 4) is 0 Å². The molecule has 8 atom stereocenters. The van der Waals surface area contributed by atoms with Gasteiger partial charge in [0.1, 0.15) is 11.7 Å². The van der Waals surface area contributed by atoms with E-state index >= 15 is 26.3 Å². The first-order valence-corrected chi connectivity index (χ1v) is 10.3. The summed E-state index contributed by atoms with van der Waals surface area (Å²) in [6, 6.07) is 0. The van der Waals surface area contributed by atoms with Gasteiger partial charge in [0.25, 0.3) is 0 Å². The molecule has 0 aromatic rings. The second kappa shape index (κ2) is 3.13. The van der Waals surface area contributed by atoms with E-state index in [1.54, 1.807) is 0 Å². The van der Waals surface area contributed by atoms with Gasteiger partial charge in [0.15, 0.2) is 22.7 Å². The van der Waals surface area contributed by atoms with Crippen LogP contribution < -0.4 is 0 Å². The molecule has 0 aliphatic heterocycles. The van der Waals surface area contributed by atoms with E-state index in [2.05, 4.69) is 0 Å². The first kappa shape index (κ1) is 15.0. The van der Waals surface area contributed by atoms with Crippen molar-refractivity contribution in [3.63, 3.8) is 0 Å². The van der Waals surface area contributed by atoms with Gasteiger partial charge in [-0.25, -0.2) is 26.3 Å². The molecule has 4 spiro atoms. The minimum absolute atomic E-state index is 0.0155. The van der Waals surface area contributed by atoms with Crippen molar-refractivity contribution in [2.75, 3.05) is 0 Å². The van der Waals surface area contributed by atoms with Crippen LogP contribution >= 0.6 is 0 Å². The van der Waals surface area contributed by atoms with Gasteiger partial charge in [0.2, 0.25) is 0 Å². The minimum Gasteiger partial charge on any atom is -0.238 e. The Morgan fingerprint density at radius 1 is 0.556 bits per heavy atom. The number of rotatable bonds is 0. The van der Waals surface area contributed by atoms with E-state index in [0.717, 1.165) is 0 Å². The normalized spacial score (nSPS) is 70.9. The fourth-order valence-corrected chi connectivity index (χ4v) is 11.3. The number of hydrogen-bond acceptors (Lipinski definition) is 0. The first-order valence-electron chi connectivity index (χ1n) is 10.3. The van der Waals surface area contributed by atoms with Gasteiger partial charge in [-0.3, -0.25) is 0 Å². The highest BCUT2D eigenvalue weighted by molar-refractivity contribution is 5.80. The zero-order valence-electron chi connectivity index (χ0n) is 14.6. The third-order valence-electron chi connectivity index (χ3n) is 11.1. The Morgan fingerprint density at radius 3 is 1.41 bits per heavy atom. The highest BCUT2D eigenvalue weighted by Crippen LogP contribution is 3.12. The number of allylic oxidation sites excluding steroid dienone is 4.